The number of aliphatic carboxylic acids is 1. The van der Waals surface area contributed by atoms with Crippen molar-refractivity contribution in [2.24, 2.45) is 11.7 Å². The lowest BCUT2D eigenvalue weighted by molar-refractivity contribution is -0.141. The van der Waals surface area contributed by atoms with E-state index in [0.717, 1.165) is 25.7 Å². The fourth-order valence-corrected chi connectivity index (χ4v) is 2.37. The van der Waals surface area contributed by atoms with Gasteiger partial charge in [-0.05, 0) is 19.3 Å². The molecule has 20 heavy (non-hydrogen) atoms. The van der Waals surface area contributed by atoms with Crippen LogP contribution in [0.3, 0.4) is 0 Å². The summed E-state index contributed by atoms with van der Waals surface area (Å²) in [6.07, 6.45) is 4.21. The number of nitrogens with zero attached hydrogens (tertiary/aromatic N) is 1. The minimum atomic E-state index is -0.885. The average Bonchev–Trinajstić information content (AvgIpc) is 2.88. The molecule has 1 rings (SSSR count). The summed E-state index contributed by atoms with van der Waals surface area (Å²) in [5.74, 6) is -1.93. The summed E-state index contributed by atoms with van der Waals surface area (Å²) in [4.78, 5) is 35.3. The Labute approximate surface area is 118 Å². The zero-order valence-electron chi connectivity index (χ0n) is 11.8. The van der Waals surface area contributed by atoms with Gasteiger partial charge < -0.3 is 21.1 Å². The maximum atomic E-state index is 12.1. The van der Waals surface area contributed by atoms with Gasteiger partial charge in [-0.1, -0.05) is 19.8 Å². The Bertz CT molecular complexity index is 367. The molecule has 0 heterocycles. The lowest BCUT2D eigenvalue weighted by Crippen LogP contribution is -2.49. The maximum Gasteiger partial charge on any atom is 0.318 e. The van der Waals surface area contributed by atoms with Gasteiger partial charge >= 0.3 is 12.0 Å². The predicted octanol–water partition coefficient (Wildman–Crippen LogP) is 0.537. The third kappa shape index (κ3) is 5.07. The molecule has 4 N–H and O–H groups in total. The van der Waals surface area contributed by atoms with Crippen LogP contribution in [-0.2, 0) is 9.59 Å². The van der Waals surface area contributed by atoms with Crippen LogP contribution >= 0.6 is 0 Å². The lowest BCUT2D eigenvalue weighted by Gasteiger charge is -2.28. The topological polar surface area (TPSA) is 113 Å². The van der Waals surface area contributed by atoms with Crippen LogP contribution in [0, 0.1) is 5.92 Å². The van der Waals surface area contributed by atoms with Crippen molar-refractivity contribution in [3.63, 3.8) is 0 Å². The van der Waals surface area contributed by atoms with Crippen LogP contribution in [0.1, 0.15) is 39.0 Å². The SMILES string of the molecule is CC(CCNC(=O)N(CC(N)=O)C1CCCC1)C(=O)O. The van der Waals surface area contributed by atoms with Crippen LogP contribution in [0.4, 0.5) is 4.79 Å². The van der Waals surface area contributed by atoms with E-state index in [2.05, 4.69) is 5.32 Å². The molecule has 1 unspecified atom stereocenters. The van der Waals surface area contributed by atoms with Crippen molar-refractivity contribution < 1.29 is 19.5 Å². The third-order valence-electron chi connectivity index (χ3n) is 3.63. The number of nitrogens with two attached hydrogens (primary N) is 1. The molecule has 7 heteroatoms. The summed E-state index contributed by atoms with van der Waals surface area (Å²) in [6, 6.07) is -0.285. The van der Waals surface area contributed by atoms with Gasteiger partial charge in [-0.15, -0.1) is 0 Å². The van der Waals surface area contributed by atoms with Gasteiger partial charge in [-0.2, -0.15) is 0 Å². The number of carbonyl (C=O) groups excluding carboxylic acids is 2. The Hall–Kier alpha value is -1.79. The van der Waals surface area contributed by atoms with E-state index in [1.165, 1.54) is 4.90 Å². The molecule has 0 aromatic rings. The van der Waals surface area contributed by atoms with Crippen LogP contribution in [0.2, 0.25) is 0 Å². The standard InChI is InChI=1S/C13H23N3O4/c1-9(12(18)19)6-7-15-13(20)16(8-11(14)17)10-4-2-3-5-10/h9-10H,2-8H2,1H3,(H2,14,17)(H,15,20)(H,18,19). The molecule has 0 radical (unpaired) electrons. The second-order valence-electron chi connectivity index (χ2n) is 5.29. The van der Waals surface area contributed by atoms with Gasteiger partial charge in [0, 0.05) is 12.6 Å². The highest BCUT2D eigenvalue weighted by Crippen LogP contribution is 2.23. The molecule has 114 valence electrons. The normalized spacial score (nSPS) is 16.6. The zero-order chi connectivity index (χ0) is 15.1. The molecule has 3 amide bonds. The van der Waals surface area contributed by atoms with Gasteiger partial charge in [0.2, 0.25) is 5.91 Å². The van der Waals surface area contributed by atoms with Crippen molar-refractivity contribution in [1.82, 2.24) is 10.2 Å². The van der Waals surface area contributed by atoms with E-state index in [0.29, 0.717) is 6.42 Å². The molecule has 0 aromatic carbocycles. The summed E-state index contributed by atoms with van der Waals surface area (Å²) in [7, 11) is 0. The number of primary amides is 1. The van der Waals surface area contributed by atoms with E-state index in [4.69, 9.17) is 10.8 Å². The second kappa shape index (κ2) is 7.72. The number of urea groups is 1. The van der Waals surface area contributed by atoms with Crippen molar-refractivity contribution in [1.29, 1.82) is 0 Å². The molecular formula is C13H23N3O4. The molecule has 0 bridgehead atoms. The minimum Gasteiger partial charge on any atom is -0.481 e. The number of rotatable bonds is 7. The third-order valence-corrected chi connectivity index (χ3v) is 3.63. The lowest BCUT2D eigenvalue weighted by atomic mass is 10.1. The molecule has 7 nitrogen and oxygen atoms in total. The number of amides is 3. The van der Waals surface area contributed by atoms with Crippen LogP contribution in [0.25, 0.3) is 0 Å². The van der Waals surface area contributed by atoms with Gasteiger partial charge in [-0.25, -0.2) is 4.79 Å². The fourth-order valence-electron chi connectivity index (χ4n) is 2.37. The predicted molar refractivity (Wildman–Crippen MR) is 73.0 cm³/mol. The van der Waals surface area contributed by atoms with E-state index >= 15 is 0 Å². The quantitative estimate of drug-likeness (QED) is 0.633. The molecule has 1 atom stereocenters. The zero-order valence-corrected chi connectivity index (χ0v) is 11.8. The monoisotopic (exact) mass is 285 g/mol. The Morgan fingerprint density at radius 2 is 1.95 bits per heavy atom. The van der Waals surface area contributed by atoms with Crippen molar-refractivity contribution in [2.75, 3.05) is 13.1 Å². The summed E-state index contributed by atoms with van der Waals surface area (Å²) >= 11 is 0. The Balaban J connectivity index is 2.46. The molecule has 1 fully saturated rings. The molecule has 0 spiro atoms. The van der Waals surface area contributed by atoms with Gasteiger partial charge in [0.25, 0.3) is 0 Å². The van der Waals surface area contributed by atoms with E-state index in [1.807, 2.05) is 0 Å². The first-order valence-corrected chi connectivity index (χ1v) is 6.97. The minimum absolute atomic E-state index is 0.0550. The Kier molecular flexibility index (Phi) is 6.27. The summed E-state index contributed by atoms with van der Waals surface area (Å²) in [5, 5.41) is 11.4. The van der Waals surface area contributed by atoms with E-state index in [-0.39, 0.29) is 25.2 Å². The van der Waals surface area contributed by atoms with Crippen LogP contribution < -0.4 is 11.1 Å². The van der Waals surface area contributed by atoms with Crippen molar-refractivity contribution in [2.45, 2.75) is 45.1 Å². The molecule has 1 aliphatic rings. The first-order chi connectivity index (χ1) is 9.41. The Morgan fingerprint density at radius 1 is 1.35 bits per heavy atom. The van der Waals surface area contributed by atoms with Crippen LogP contribution in [-0.4, -0.2) is 47.0 Å². The van der Waals surface area contributed by atoms with Crippen LogP contribution in [0.5, 0.6) is 0 Å². The highest BCUT2D eigenvalue weighted by Gasteiger charge is 2.27. The highest BCUT2D eigenvalue weighted by molar-refractivity contribution is 5.83. The van der Waals surface area contributed by atoms with Gasteiger partial charge in [0.1, 0.15) is 6.54 Å². The highest BCUT2D eigenvalue weighted by atomic mass is 16.4. The molecule has 1 saturated carbocycles. The first-order valence-electron chi connectivity index (χ1n) is 6.97. The maximum absolute atomic E-state index is 12.1. The van der Waals surface area contributed by atoms with Crippen molar-refractivity contribution in [3.8, 4) is 0 Å². The van der Waals surface area contributed by atoms with Gasteiger partial charge in [0.05, 0.1) is 5.92 Å². The largest absolute Gasteiger partial charge is 0.481 e. The molecule has 0 saturated heterocycles. The Morgan fingerprint density at radius 3 is 2.45 bits per heavy atom. The summed E-state index contributed by atoms with van der Waals surface area (Å²) < 4.78 is 0. The van der Waals surface area contributed by atoms with E-state index in [1.54, 1.807) is 6.92 Å². The number of nitrogens with one attached hydrogen (secondary N) is 1. The second-order valence-corrected chi connectivity index (χ2v) is 5.29. The van der Waals surface area contributed by atoms with Crippen molar-refractivity contribution in [3.05, 3.63) is 0 Å². The van der Waals surface area contributed by atoms with Gasteiger partial charge in [-0.3, -0.25) is 9.59 Å². The number of hydrogen-bond acceptors (Lipinski definition) is 3. The first kappa shape index (κ1) is 16.3. The smallest absolute Gasteiger partial charge is 0.318 e. The van der Waals surface area contributed by atoms with E-state index in [9.17, 15) is 14.4 Å². The molecule has 0 aromatic heterocycles. The van der Waals surface area contributed by atoms with Crippen LogP contribution in [0.15, 0.2) is 0 Å². The average molecular weight is 285 g/mol. The summed E-state index contributed by atoms with van der Waals surface area (Å²) in [5.41, 5.74) is 5.18. The summed E-state index contributed by atoms with van der Waals surface area (Å²) in [6.45, 7) is 1.77. The number of carboxylic acids is 1. The number of hydrogen-bond donors (Lipinski definition) is 3. The van der Waals surface area contributed by atoms with Crippen molar-refractivity contribution >= 4 is 17.9 Å². The molecular weight excluding hydrogens is 262 g/mol. The van der Waals surface area contributed by atoms with E-state index < -0.39 is 17.8 Å². The number of carbonyl (C=O) groups is 3. The fraction of sp³-hybridized carbons (Fsp3) is 0.769. The molecule has 1 aliphatic carbocycles. The van der Waals surface area contributed by atoms with Gasteiger partial charge in [0.15, 0.2) is 0 Å². The number of carboxylic acid groups (broad SMARTS) is 1. The molecule has 0 aliphatic heterocycles.